The molecule has 0 saturated heterocycles. The van der Waals surface area contributed by atoms with E-state index in [9.17, 15) is 9.90 Å². The van der Waals surface area contributed by atoms with Crippen molar-refractivity contribution in [3.8, 4) is 16.9 Å². The monoisotopic (exact) mass is 359 g/mol. The fourth-order valence-electron chi connectivity index (χ4n) is 2.88. The molecule has 3 aromatic rings. The number of methoxy groups -OCH3 is 1. The van der Waals surface area contributed by atoms with Gasteiger partial charge in [0.2, 0.25) is 0 Å². The first-order chi connectivity index (χ1) is 11.8. The van der Waals surface area contributed by atoms with Crippen molar-refractivity contribution < 1.29 is 14.6 Å². The number of fused-ring (bicyclic) bond motifs is 1. The molecular formula is C18H18ClN3O3. The van der Waals surface area contributed by atoms with Crippen LogP contribution in [0.15, 0.2) is 24.3 Å². The standard InChI is InChI=1S/C18H18ClN3O3/c1-9(2)13-8-12(18(23)24)20-17-15(10(3)21-22(13)17)16-11(19)6-5-7-14(16)25-4/h5-9H,1-4H3,(H,23,24). The Labute approximate surface area is 150 Å². The second kappa shape index (κ2) is 6.37. The number of nitrogens with zero attached hydrogens (tertiary/aromatic N) is 3. The molecule has 130 valence electrons. The number of benzene rings is 1. The van der Waals surface area contributed by atoms with Crippen molar-refractivity contribution in [2.24, 2.45) is 0 Å². The van der Waals surface area contributed by atoms with E-state index < -0.39 is 5.97 Å². The molecule has 0 radical (unpaired) electrons. The van der Waals surface area contributed by atoms with Crippen LogP contribution in [-0.4, -0.2) is 32.8 Å². The lowest BCUT2D eigenvalue weighted by Crippen LogP contribution is -2.09. The topological polar surface area (TPSA) is 76.7 Å². The third kappa shape index (κ3) is 2.82. The third-order valence-corrected chi connectivity index (χ3v) is 4.36. The highest BCUT2D eigenvalue weighted by Gasteiger charge is 2.23. The van der Waals surface area contributed by atoms with E-state index >= 15 is 0 Å². The number of halogens is 1. The highest BCUT2D eigenvalue weighted by Crippen LogP contribution is 2.40. The molecule has 3 rings (SSSR count). The van der Waals surface area contributed by atoms with Gasteiger partial charge < -0.3 is 9.84 Å². The predicted molar refractivity (Wildman–Crippen MR) is 95.8 cm³/mol. The van der Waals surface area contributed by atoms with E-state index in [1.165, 1.54) is 0 Å². The average Bonchev–Trinajstić information content (AvgIpc) is 2.89. The van der Waals surface area contributed by atoms with Crippen molar-refractivity contribution in [2.45, 2.75) is 26.7 Å². The zero-order valence-electron chi connectivity index (χ0n) is 14.4. The molecule has 2 heterocycles. The van der Waals surface area contributed by atoms with E-state index in [1.54, 1.807) is 35.9 Å². The number of carboxylic acids is 1. The Hall–Kier alpha value is -2.60. The first kappa shape index (κ1) is 17.2. The molecule has 0 aliphatic carbocycles. The highest BCUT2D eigenvalue weighted by molar-refractivity contribution is 6.34. The minimum atomic E-state index is -1.08. The van der Waals surface area contributed by atoms with Crippen molar-refractivity contribution in [1.29, 1.82) is 0 Å². The Morgan fingerprint density at radius 3 is 2.64 bits per heavy atom. The van der Waals surface area contributed by atoms with E-state index in [0.29, 0.717) is 33.2 Å². The van der Waals surface area contributed by atoms with Gasteiger partial charge in [0.15, 0.2) is 11.3 Å². The number of hydrogen-bond donors (Lipinski definition) is 1. The Balaban J connectivity index is 2.45. The number of aromatic carboxylic acids is 1. The van der Waals surface area contributed by atoms with Crippen LogP contribution < -0.4 is 4.74 Å². The van der Waals surface area contributed by atoms with Crippen molar-refractivity contribution in [1.82, 2.24) is 14.6 Å². The van der Waals surface area contributed by atoms with Gasteiger partial charge >= 0.3 is 5.97 Å². The Morgan fingerprint density at radius 1 is 1.32 bits per heavy atom. The number of ether oxygens (including phenoxy) is 1. The Morgan fingerprint density at radius 2 is 2.04 bits per heavy atom. The van der Waals surface area contributed by atoms with Crippen molar-refractivity contribution in [3.05, 3.63) is 46.4 Å². The normalized spacial score (nSPS) is 11.3. The fraction of sp³-hybridized carbons (Fsp3) is 0.278. The smallest absolute Gasteiger partial charge is 0.354 e. The molecule has 0 fully saturated rings. The summed E-state index contributed by atoms with van der Waals surface area (Å²) in [7, 11) is 1.56. The summed E-state index contributed by atoms with van der Waals surface area (Å²) < 4.78 is 7.13. The average molecular weight is 360 g/mol. The Bertz CT molecular complexity index is 979. The largest absolute Gasteiger partial charge is 0.496 e. The van der Waals surface area contributed by atoms with Gasteiger partial charge in [0.1, 0.15) is 5.75 Å². The van der Waals surface area contributed by atoms with E-state index in [0.717, 1.165) is 5.69 Å². The van der Waals surface area contributed by atoms with Crippen LogP contribution in [-0.2, 0) is 0 Å². The first-order valence-corrected chi connectivity index (χ1v) is 8.19. The van der Waals surface area contributed by atoms with Gasteiger partial charge in [-0.15, -0.1) is 0 Å². The summed E-state index contributed by atoms with van der Waals surface area (Å²) in [5, 5.41) is 14.5. The second-order valence-electron chi connectivity index (χ2n) is 6.04. The van der Waals surface area contributed by atoms with Crippen LogP contribution in [0.4, 0.5) is 0 Å². The highest BCUT2D eigenvalue weighted by atomic mass is 35.5. The van der Waals surface area contributed by atoms with Crippen LogP contribution in [0, 0.1) is 6.92 Å². The summed E-state index contributed by atoms with van der Waals surface area (Å²) in [4.78, 5) is 15.8. The number of carbonyl (C=O) groups is 1. The molecular weight excluding hydrogens is 342 g/mol. The maximum absolute atomic E-state index is 11.5. The third-order valence-electron chi connectivity index (χ3n) is 4.05. The van der Waals surface area contributed by atoms with Gasteiger partial charge in [0.25, 0.3) is 0 Å². The molecule has 0 amide bonds. The minimum absolute atomic E-state index is 0.0247. The number of hydrogen-bond acceptors (Lipinski definition) is 4. The molecule has 0 aliphatic heterocycles. The number of rotatable bonds is 4. The molecule has 0 saturated carbocycles. The maximum Gasteiger partial charge on any atom is 0.354 e. The molecule has 1 N–H and O–H groups in total. The van der Waals surface area contributed by atoms with Gasteiger partial charge in [-0.3, -0.25) is 0 Å². The van der Waals surface area contributed by atoms with Gasteiger partial charge in [-0.25, -0.2) is 14.3 Å². The van der Waals surface area contributed by atoms with Crippen LogP contribution in [0.25, 0.3) is 16.8 Å². The summed E-state index contributed by atoms with van der Waals surface area (Å²) in [6.07, 6.45) is 0. The SMILES string of the molecule is COc1cccc(Cl)c1-c1c(C)nn2c(C(C)C)cc(C(=O)O)nc12. The van der Waals surface area contributed by atoms with Gasteiger partial charge in [0, 0.05) is 11.3 Å². The van der Waals surface area contributed by atoms with Crippen molar-refractivity contribution in [2.75, 3.05) is 7.11 Å². The lowest BCUT2D eigenvalue weighted by atomic mass is 10.0. The van der Waals surface area contributed by atoms with E-state index in [1.807, 2.05) is 20.8 Å². The lowest BCUT2D eigenvalue weighted by Gasteiger charge is -2.12. The molecule has 1 aromatic carbocycles. The first-order valence-electron chi connectivity index (χ1n) is 7.81. The second-order valence-corrected chi connectivity index (χ2v) is 6.45. The molecule has 25 heavy (non-hydrogen) atoms. The molecule has 0 unspecified atom stereocenters. The summed E-state index contributed by atoms with van der Waals surface area (Å²) >= 11 is 6.42. The summed E-state index contributed by atoms with van der Waals surface area (Å²) in [5.41, 5.74) is 3.22. The zero-order chi connectivity index (χ0) is 18.3. The van der Waals surface area contributed by atoms with Crippen molar-refractivity contribution in [3.63, 3.8) is 0 Å². The van der Waals surface area contributed by atoms with Gasteiger partial charge in [-0.1, -0.05) is 31.5 Å². The number of aryl methyl sites for hydroxylation is 1. The lowest BCUT2D eigenvalue weighted by molar-refractivity contribution is 0.0690. The van der Waals surface area contributed by atoms with Crippen molar-refractivity contribution >= 4 is 23.2 Å². The molecule has 0 spiro atoms. The number of aromatic nitrogens is 3. The molecule has 0 bridgehead atoms. The maximum atomic E-state index is 11.5. The fourth-order valence-corrected chi connectivity index (χ4v) is 3.14. The molecule has 2 aromatic heterocycles. The van der Waals surface area contributed by atoms with Gasteiger partial charge in [-0.05, 0) is 31.0 Å². The Kier molecular flexibility index (Phi) is 4.39. The van der Waals surface area contributed by atoms with E-state index in [-0.39, 0.29) is 11.6 Å². The molecule has 0 aliphatic rings. The summed E-state index contributed by atoms with van der Waals surface area (Å²) in [6, 6.07) is 6.91. The van der Waals surface area contributed by atoms with Crippen LogP contribution in [0.3, 0.4) is 0 Å². The van der Waals surface area contributed by atoms with Crippen LogP contribution in [0.5, 0.6) is 5.75 Å². The molecule has 0 atom stereocenters. The summed E-state index contributed by atoms with van der Waals surface area (Å²) in [5.74, 6) is -0.427. The molecule has 6 nitrogen and oxygen atoms in total. The van der Waals surface area contributed by atoms with E-state index in [4.69, 9.17) is 16.3 Å². The minimum Gasteiger partial charge on any atom is -0.496 e. The quantitative estimate of drug-likeness (QED) is 0.755. The van der Waals surface area contributed by atoms with E-state index in [2.05, 4.69) is 10.1 Å². The zero-order valence-corrected chi connectivity index (χ0v) is 15.1. The van der Waals surface area contributed by atoms with Gasteiger partial charge in [-0.2, -0.15) is 5.10 Å². The number of carboxylic acid groups (broad SMARTS) is 1. The summed E-state index contributed by atoms with van der Waals surface area (Å²) in [6.45, 7) is 5.80. The van der Waals surface area contributed by atoms with Crippen LogP contribution >= 0.6 is 11.6 Å². The molecule has 7 heteroatoms. The van der Waals surface area contributed by atoms with Crippen LogP contribution in [0.1, 0.15) is 41.6 Å². The predicted octanol–water partition coefficient (Wildman–Crippen LogP) is 4.19. The van der Waals surface area contributed by atoms with Gasteiger partial charge in [0.05, 0.1) is 23.4 Å². The van der Waals surface area contributed by atoms with Crippen LogP contribution in [0.2, 0.25) is 5.02 Å².